The van der Waals surface area contributed by atoms with Gasteiger partial charge in [0.2, 0.25) is 0 Å². The lowest BCUT2D eigenvalue weighted by Crippen LogP contribution is -2.25. The molecule has 4 heteroatoms. The summed E-state index contributed by atoms with van der Waals surface area (Å²) in [6.07, 6.45) is 0.794. The van der Waals surface area contributed by atoms with E-state index >= 15 is 0 Å². The van der Waals surface area contributed by atoms with Crippen molar-refractivity contribution < 1.29 is 9.90 Å². The molecular weight excluding hydrogens is 288 g/mol. The number of hydrogen-bond donors (Lipinski definition) is 2. The number of amides is 1. The van der Waals surface area contributed by atoms with Gasteiger partial charge in [-0.2, -0.15) is 0 Å². The Morgan fingerprint density at radius 3 is 2.17 bits per heavy atom. The Morgan fingerprint density at radius 2 is 1.61 bits per heavy atom. The molecule has 0 aliphatic heterocycles. The van der Waals surface area contributed by atoms with Crippen LogP contribution in [0.25, 0.3) is 0 Å². The predicted octanol–water partition coefficient (Wildman–Crippen LogP) is 3.21. The van der Waals surface area contributed by atoms with Crippen LogP contribution >= 0.6 is 0 Å². The highest BCUT2D eigenvalue weighted by molar-refractivity contribution is 5.94. The minimum absolute atomic E-state index is 0.121. The molecule has 2 rings (SSSR count). The summed E-state index contributed by atoms with van der Waals surface area (Å²) in [6.45, 7) is 6.88. The number of rotatable bonds is 7. The van der Waals surface area contributed by atoms with E-state index in [9.17, 15) is 9.90 Å². The molecule has 0 heterocycles. The maximum atomic E-state index is 12.0. The van der Waals surface area contributed by atoms with Gasteiger partial charge in [-0.05, 0) is 62.2 Å². The summed E-state index contributed by atoms with van der Waals surface area (Å²) < 4.78 is 0. The van der Waals surface area contributed by atoms with E-state index in [0.717, 1.165) is 19.5 Å². The second-order valence-electron chi connectivity index (χ2n) is 5.39. The van der Waals surface area contributed by atoms with Gasteiger partial charge in [-0.15, -0.1) is 0 Å². The third-order valence-electron chi connectivity index (χ3n) is 3.89. The normalized spacial score (nSPS) is 10.3. The van der Waals surface area contributed by atoms with E-state index in [1.807, 2.05) is 0 Å². The summed E-state index contributed by atoms with van der Waals surface area (Å²) >= 11 is 0. The molecule has 0 aliphatic rings. The van der Waals surface area contributed by atoms with E-state index in [4.69, 9.17) is 0 Å². The molecule has 0 fully saturated rings. The number of nitrogens with one attached hydrogen (secondary N) is 1. The van der Waals surface area contributed by atoms with Gasteiger partial charge in [-0.3, -0.25) is 4.79 Å². The molecule has 0 aromatic heterocycles. The number of anilines is 1. The monoisotopic (exact) mass is 312 g/mol. The van der Waals surface area contributed by atoms with Crippen LogP contribution in [0.2, 0.25) is 0 Å². The first-order valence-corrected chi connectivity index (χ1v) is 8.05. The number of phenols is 1. The van der Waals surface area contributed by atoms with Crippen LogP contribution in [0, 0.1) is 0 Å². The van der Waals surface area contributed by atoms with Crippen molar-refractivity contribution in [3.8, 4) is 5.75 Å². The molecular formula is C19H24N2O2. The number of carbonyl (C=O) groups is 1. The molecule has 0 saturated carbocycles. The SMILES string of the molecule is CCN(CC)c1ccc(CCNC(=O)c2ccc(O)cc2)cc1. The van der Waals surface area contributed by atoms with Crippen molar-refractivity contribution in [2.75, 3.05) is 24.5 Å². The Hall–Kier alpha value is -2.49. The maximum Gasteiger partial charge on any atom is 0.251 e. The minimum atomic E-state index is -0.121. The van der Waals surface area contributed by atoms with E-state index in [0.29, 0.717) is 12.1 Å². The zero-order chi connectivity index (χ0) is 16.7. The lowest BCUT2D eigenvalue weighted by molar-refractivity contribution is 0.0954. The molecule has 0 radical (unpaired) electrons. The predicted molar refractivity (Wildman–Crippen MR) is 94.1 cm³/mol. The zero-order valence-corrected chi connectivity index (χ0v) is 13.7. The Bertz CT molecular complexity index is 617. The van der Waals surface area contributed by atoms with Gasteiger partial charge < -0.3 is 15.3 Å². The van der Waals surface area contributed by atoms with Gasteiger partial charge in [0.05, 0.1) is 0 Å². The number of aromatic hydroxyl groups is 1. The van der Waals surface area contributed by atoms with Gasteiger partial charge in [0, 0.05) is 30.9 Å². The quantitative estimate of drug-likeness (QED) is 0.825. The Balaban J connectivity index is 1.84. The fourth-order valence-corrected chi connectivity index (χ4v) is 2.50. The molecule has 0 bridgehead atoms. The molecule has 4 nitrogen and oxygen atoms in total. The van der Waals surface area contributed by atoms with Gasteiger partial charge in [-0.25, -0.2) is 0 Å². The van der Waals surface area contributed by atoms with E-state index in [2.05, 4.69) is 48.3 Å². The molecule has 23 heavy (non-hydrogen) atoms. The highest BCUT2D eigenvalue weighted by Gasteiger charge is 2.05. The van der Waals surface area contributed by atoms with Crippen LogP contribution in [0.3, 0.4) is 0 Å². The van der Waals surface area contributed by atoms with E-state index in [1.165, 1.54) is 23.4 Å². The maximum absolute atomic E-state index is 12.0. The number of hydrogen-bond acceptors (Lipinski definition) is 3. The van der Waals surface area contributed by atoms with Crippen molar-refractivity contribution in [1.29, 1.82) is 0 Å². The number of phenolic OH excluding ortho intramolecular Hbond substituents is 1. The van der Waals surface area contributed by atoms with Crippen molar-refractivity contribution >= 4 is 11.6 Å². The fourth-order valence-electron chi connectivity index (χ4n) is 2.50. The topological polar surface area (TPSA) is 52.6 Å². The Morgan fingerprint density at radius 1 is 1.00 bits per heavy atom. The molecule has 0 aliphatic carbocycles. The van der Waals surface area contributed by atoms with Crippen molar-refractivity contribution in [2.45, 2.75) is 20.3 Å². The molecule has 0 saturated heterocycles. The minimum Gasteiger partial charge on any atom is -0.508 e. The highest BCUT2D eigenvalue weighted by Crippen LogP contribution is 2.15. The lowest BCUT2D eigenvalue weighted by Gasteiger charge is -2.21. The number of carbonyl (C=O) groups excluding carboxylic acids is 1. The first-order valence-electron chi connectivity index (χ1n) is 8.05. The largest absolute Gasteiger partial charge is 0.508 e. The summed E-state index contributed by atoms with van der Waals surface area (Å²) in [4.78, 5) is 14.3. The third-order valence-corrected chi connectivity index (χ3v) is 3.89. The van der Waals surface area contributed by atoms with Crippen LogP contribution in [0.1, 0.15) is 29.8 Å². The van der Waals surface area contributed by atoms with Crippen LogP contribution in [-0.4, -0.2) is 30.6 Å². The van der Waals surface area contributed by atoms with Crippen LogP contribution in [0.4, 0.5) is 5.69 Å². The third kappa shape index (κ3) is 4.74. The van der Waals surface area contributed by atoms with Gasteiger partial charge >= 0.3 is 0 Å². The van der Waals surface area contributed by atoms with E-state index < -0.39 is 0 Å². The van der Waals surface area contributed by atoms with Gasteiger partial charge in [0.1, 0.15) is 5.75 Å². The first kappa shape index (κ1) is 16.9. The average Bonchev–Trinajstić information content (AvgIpc) is 2.58. The molecule has 2 N–H and O–H groups in total. The molecule has 0 spiro atoms. The van der Waals surface area contributed by atoms with Crippen molar-refractivity contribution in [1.82, 2.24) is 5.32 Å². The highest BCUT2D eigenvalue weighted by atomic mass is 16.3. The fraction of sp³-hybridized carbons (Fsp3) is 0.316. The lowest BCUT2D eigenvalue weighted by atomic mass is 10.1. The van der Waals surface area contributed by atoms with Gasteiger partial charge in [-0.1, -0.05) is 12.1 Å². The summed E-state index contributed by atoms with van der Waals surface area (Å²) in [5.74, 6) is 0.0413. The standard InChI is InChI=1S/C19H24N2O2/c1-3-21(4-2)17-9-5-15(6-10-17)13-14-20-19(23)16-7-11-18(22)12-8-16/h5-12,22H,3-4,13-14H2,1-2H3,(H,20,23). The molecule has 2 aromatic rings. The smallest absolute Gasteiger partial charge is 0.251 e. The van der Waals surface area contributed by atoms with Crippen LogP contribution in [-0.2, 0) is 6.42 Å². The van der Waals surface area contributed by atoms with E-state index in [1.54, 1.807) is 12.1 Å². The second-order valence-corrected chi connectivity index (χ2v) is 5.39. The zero-order valence-electron chi connectivity index (χ0n) is 13.7. The summed E-state index contributed by atoms with van der Waals surface area (Å²) in [5.41, 5.74) is 2.98. The van der Waals surface area contributed by atoms with Crippen molar-refractivity contribution in [3.05, 3.63) is 59.7 Å². The summed E-state index contributed by atoms with van der Waals surface area (Å²) in [7, 11) is 0. The van der Waals surface area contributed by atoms with Crippen LogP contribution in [0.15, 0.2) is 48.5 Å². The van der Waals surface area contributed by atoms with Crippen LogP contribution in [0.5, 0.6) is 5.75 Å². The van der Waals surface area contributed by atoms with Gasteiger partial charge in [0.15, 0.2) is 0 Å². The molecule has 122 valence electrons. The molecule has 0 unspecified atom stereocenters. The van der Waals surface area contributed by atoms with Crippen LogP contribution < -0.4 is 10.2 Å². The second kappa shape index (κ2) is 8.22. The molecule has 0 atom stereocenters. The summed E-state index contributed by atoms with van der Waals surface area (Å²) in [5, 5.41) is 12.1. The molecule has 1 amide bonds. The number of nitrogens with zero attached hydrogens (tertiary/aromatic N) is 1. The van der Waals surface area contributed by atoms with Crippen molar-refractivity contribution in [3.63, 3.8) is 0 Å². The Kier molecular flexibility index (Phi) is 6.03. The number of benzene rings is 2. The van der Waals surface area contributed by atoms with Crippen molar-refractivity contribution in [2.24, 2.45) is 0 Å². The molecule has 2 aromatic carbocycles. The van der Waals surface area contributed by atoms with E-state index in [-0.39, 0.29) is 11.7 Å². The van der Waals surface area contributed by atoms with Gasteiger partial charge in [0.25, 0.3) is 5.91 Å². The average molecular weight is 312 g/mol. The Labute approximate surface area is 137 Å². The first-order chi connectivity index (χ1) is 11.1. The summed E-state index contributed by atoms with van der Waals surface area (Å²) in [6, 6.07) is 14.7.